The minimum atomic E-state index is -4.32. The fourth-order valence-corrected chi connectivity index (χ4v) is 1.74. The number of hydrogen-bond acceptors (Lipinski definition) is 3. The van der Waals surface area contributed by atoms with E-state index in [1.54, 1.807) is 0 Å². The molecule has 1 rings (SSSR count). The number of rotatable bonds is 6. The molecule has 0 amide bonds. The van der Waals surface area contributed by atoms with E-state index in [-0.39, 0.29) is 5.75 Å². The third-order valence-corrected chi connectivity index (χ3v) is 2.90. The van der Waals surface area contributed by atoms with Gasteiger partial charge in [0.1, 0.15) is 0 Å². The second kappa shape index (κ2) is 6.65. The van der Waals surface area contributed by atoms with Gasteiger partial charge in [-0.05, 0) is 17.7 Å². The van der Waals surface area contributed by atoms with Crippen molar-refractivity contribution in [1.29, 1.82) is 0 Å². The zero-order valence-corrected chi connectivity index (χ0v) is 10.1. The molecule has 3 nitrogen and oxygen atoms in total. The highest BCUT2D eigenvalue weighted by atomic mass is 32.2. The summed E-state index contributed by atoms with van der Waals surface area (Å²) in [5.74, 6) is -0.454. The van der Waals surface area contributed by atoms with Crippen LogP contribution in [0.4, 0.5) is 13.2 Å². The lowest BCUT2D eigenvalue weighted by molar-refractivity contribution is -0.137. The standard InChI is InChI=1S/C11H12F3NO2S/c12-11(13,14)9-3-1-8(2-4-9)5-15-7-18-6-10(16)17/h1-4,15H,5-7H2,(H,16,17). The van der Waals surface area contributed by atoms with E-state index in [2.05, 4.69) is 5.32 Å². The number of carboxylic acid groups (broad SMARTS) is 1. The molecule has 0 fully saturated rings. The molecule has 0 aliphatic heterocycles. The van der Waals surface area contributed by atoms with E-state index in [1.807, 2.05) is 0 Å². The van der Waals surface area contributed by atoms with E-state index in [1.165, 1.54) is 23.9 Å². The summed E-state index contributed by atoms with van der Waals surface area (Å²) in [4.78, 5) is 10.2. The summed E-state index contributed by atoms with van der Waals surface area (Å²) >= 11 is 1.20. The molecule has 18 heavy (non-hydrogen) atoms. The Morgan fingerprint density at radius 3 is 2.39 bits per heavy atom. The molecule has 100 valence electrons. The number of carbonyl (C=O) groups is 1. The quantitative estimate of drug-likeness (QED) is 0.620. The lowest BCUT2D eigenvalue weighted by atomic mass is 10.1. The van der Waals surface area contributed by atoms with Crippen LogP contribution in [0.3, 0.4) is 0 Å². The van der Waals surface area contributed by atoms with Gasteiger partial charge in [0.05, 0.1) is 11.3 Å². The summed E-state index contributed by atoms with van der Waals surface area (Å²) in [6.45, 7) is 0.407. The minimum Gasteiger partial charge on any atom is -0.481 e. The van der Waals surface area contributed by atoms with Crippen LogP contribution in [0.1, 0.15) is 11.1 Å². The third kappa shape index (κ3) is 5.42. The molecule has 7 heteroatoms. The fourth-order valence-electron chi connectivity index (χ4n) is 1.22. The average molecular weight is 279 g/mol. The van der Waals surface area contributed by atoms with Gasteiger partial charge in [-0.15, -0.1) is 11.8 Å². The molecular formula is C11H12F3NO2S. The number of aliphatic carboxylic acids is 1. The molecule has 0 bridgehead atoms. The lowest BCUT2D eigenvalue weighted by Gasteiger charge is -2.08. The van der Waals surface area contributed by atoms with Crippen molar-refractivity contribution in [1.82, 2.24) is 5.32 Å². The van der Waals surface area contributed by atoms with Crippen LogP contribution in [0, 0.1) is 0 Å². The minimum absolute atomic E-state index is 0.0000115. The van der Waals surface area contributed by atoms with Gasteiger partial charge in [0.2, 0.25) is 0 Å². The molecule has 1 aromatic rings. The smallest absolute Gasteiger partial charge is 0.416 e. The summed E-state index contributed by atoms with van der Waals surface area (Å²) < 4.78 is 36.8. The van der Waals surface area contributed by atoms with Crippen molar-refractivity contribution >= 4 is 17.7 Å². The van der Waals surface area contributed by atoms with Crippen molar-refractivity contribution in [2.24, 2.45) is 0 Å². The van der Waals surface area contributed by atoms with Gasteiger partial charge in [-0.25, -0.2) is 0 Å². The summed E-state index contributed by atoms with van der Waals surface area (Å²) in [7, 11) is 0. The summed E-state index contributed by atoms with van der Waals surface area (Å²) in [5.41, 5.74) is 0.0467. The molecule has 0 saturated carbocycles. The Labute approximate surface area is 106 Å². The van der Waals surface area contributed by atoms with Gasteiger partial charge in [0.15, 0.2) is 0 Å². The Morgan fingerprint density at radius 2 is 1.89 bits per heavy atom. The van der Waals surface area contributed by atoms with E-state index >= 15 is 0 Å². The van der Waals surface area contributed by atoms with E-state index in [0.29, 0.717) is 12.4 Å². The number of carboxylic acids is 1. The van der Waals surface area contributed by atoms with E-state index in [0.717, 1.165) is 17.7 Å². The highest BCUT2D eigenvalue weighted by Gasteiger charge is 2.29. The van der Waals surface area contributed by atoms with E-state index in [4.69, 9.17) is 5.11 Å². The first-order valence-corrected chi connectivity index (χ1v) is 6.21. The third-order valence-electron chi connectivity index (χ3n) is 2.04. The fraction of sp³-hybridized carbons (Fsp3) is 0.364. The van der Waals surface area contributed by atoms with Gasteiger partial charge in [0, 0.05) is 12.4 Å². The normalized spacial score (nSPS) is 11.5. The number of hydrogen-bond donors (Lipinski definition) is 2. The zero-order chi connectivity index (χ0) is 13.6. The molecule has 0 aromatic heterocycles. The van der Waals surface area contributed by atoms with Crippen molar-refractivity contribution in [3.8, 4) is 0 Å². The predicted molar refractivity (Wildman–Crippen MR) is 63.2 cm³/mol. The van der Waals surface area contributed by atoms with Crippen molar-refractivity contribution in [3.05, 3.63) is 35.4 Å². The summed E-state index contributed by atoms with van der Waals surface area (Å²) in [6.07, 6.45) is -4.32. The van der Waals surface area contributed by atoms with Gasteiger partial charge in [-0.3, -0.25) is 4.79 Å². The Morgan fingerprint density at radius 1 is 1.28 bits per heavy atom. The Bertz CT molecular complexity index is 392. The number of nitrogens with one attached hydrogen (secondary N) is 1. The van der Waals surface area contributed by atoms with Crippen LogP contribution in [0.15, 0.2) is 24.3 Å². The van der Waals surface area contributed by atoms with Crippen molar-refractivity contribution in [2.75, 3.05) is 11.6 Å². The molecule has 0 unspecified atom stereocenters. The maximum atomic E-state index is 12.3. The lowest BCUT2D eigenvalue weighted by Crippen LogP contribution is -2.14. The van der Waals surface area contributed by atoms with E-state index < -0.39 is 17.7 Å². The largest absolute Gasteiger partial charge is 0.481 e. The molecule has 2 N–H and O–H groups in total. The first-order valence-electron chi connectivity index (χ1n) is 5.06. The van der Waals surface area contributed by atoms with Gasteiger partial charge in [0.25, 0.3) is 0 Å². The summed E-state index contributed by atoms with van der Waals surface area (Å²) in [5, 5.41) is 11.3. The molecule has 0 heterocycles. The highest BCUT2D eigenvalue weighted by molar-refractivity contribution is 7.99. The van der Waals surface area contributed by atoms with E-state index in [9.17, 15) is 18.0 Å². The number of alkyl halides is 3. The monoisotopic (exact) mass is 279 g/mol. The van der Waals surface area contributed by atoms with Gasteiger partial charge in [-0.2, -0.15) is 13.2 Å². The second-order valence-corrected chi connectivity index (χ2v) is 4.49. The Balaban J connectivity index is 2.33. The highest BCUT2D eigenvalue weighted by Crippen LogP contribution is 2.28. The van der Waals surface area contributed by atoms with Crippen molar-refractivity contribution in [2.45, 2.75) is 12.7 Å². The molecule has 0 aliphatic rings. The van der Waals surface area contributed by atoms with Gasteiger partial charge in [-0.1, -0.05) is 12.1 Å². The molecule has 1 aromatic carbocycles. The molecule has 0 radical (unpaired) electrons. The molecule has 0 spiro atoms. The SMILES string of the molecule is O=C(O)CSCNCc1ccc(C(F)(F)F)cc1. The molecule has 0 atom stereocenters. The van der Waals surface area contributed by atoms with Gasteiger partial charge >= 0.3 is 12.1 Å². The van der Waals surface area contributed by atoms with Crippen LogP contribution in [0.5, 0.6) is 0 Å². The maximum Gasteiger partial charge on any atom is 0.416 e. The van der Waals surface area contributed by atoms with Crippen molar-refractivity contribution in [3.63, 3.8) is 0 Å². The number of halogens is 3. The molecule has 0 saturated heterocycles. The van der Waals surface area contributed by atoms with Crippen LogP contribution < -0.4 is 5.32 Å². The Hall–Kier alpha value is -1.21. The topological polar surface area (TPSA) is 49.3 Å². The Kier molecular flexibility index (Phi) is 5.49. The zero-order valence-electron chi connectivity index (χ0n) is 9.33. The van der Waals surface area contributed by atoms with Crippen LogP contribution in [-0.4, -0.2) is 22.7 Å². The van der Waals surface area contributed by atoms with Crippen LogP contribution >= 0.6 is 11.8 Å². The van der Waals surface area contributed by atoms with Crippen molar-refractivity contribution < 1.29 is 23.1 Å². The summed E-state index contributed by atoms with van der Waals surface area (Å²) in [6, 6.07) is 4.86. The molecule has 0 aliphatic carbocycles. The average Bonchev–Trinajstić information content (AvgIpc) is 2.27. The second-order valence-electron chi connectivity index (χ2n) is 3.51. The number of thioether (sulfide) groups is 1. The first-order chi connectivity index (χ1) is 8.39. The van der Waals surface area contributed by atoms with Crippen LogP contribution in [0.2, 0.25) is 0 Å². The predicted octanol–water partition coefficient (Wildman–Crippen LogP) is 2.57. The maximum absolute atomic E-state index is 12.3. The number of benzene rings is 1. The molecular weight excluding hydrogens is 267 g/mol. The van der Waals surface area contributed by atoms with Crippen LogP contribution in [0.25, 0.3) is 0 Å². The van der Waals surface area contributed by atoms with Gasteiger partial charge < -0.3 is 10.4 Å². The van der Waals surface area contributed by atoms with Crippen LogP contribution in [-0.2, 0) is 17.5 Å². The first kappa shape index (κ1) is 14.8.